The maximum atomic E-state index is 12.6. The predicted octanol–water partition coefficient (Wildman–Crippen LogP) is 4.23. The minimum atomic E-state index is -0.0689. The standard InChI is InChI=1S/C17H15BrO3/c1-20-16-10-12(18)5-8-15(16)17(19)11-3-2-4-14(9-11)21-13-6-7-13/h2-5,8-10,13H,6-7H2,1H3. The Morgan fingerprint density at radius 2 is 2.00 bits per heavy atom. The van der Waals surface area contributed by atoms with E-state index in [2.05, 4.69) is 15.9 Å². The van der Waals surface area contributed by atoms with Gasteiger partial charge < -0.3 is 9.47 Å². The topological polar surface area (TPSA) is 35.5 Å². The van der Waals surface area contributed by atoms with E-state index in [1.54, 1.807) is 31.4 Å². The number of hydrogen-bond donors (Lipinski definition) is 0. The molecule has 0 aromatic heterocycles. The summed E-state index contributed by atoms with van der Waals surface area (Å²) in [6.07, 6.45) is 2.51. The first-order valence-corrected chi connectivity index (χ1v) is 7.61. The molecule has 0 unspecified atom stereocenters. The molecule has 0 amide bonds. The Balaban J connectivity index is 1.90. The normalized spacial score (nSPS) is 13.8. The Kier molecular flexibility index (Phi) is 3.97. The molecule has 0 aliphatic heterocycles. The van der Waals surface area contributed by atoms with Gasteiger partial charge >= 0.3 is 0 Å². The highest BCUT2D eigenvalue weighted by molar-refractivity contribution is 9.10. The van der Waals surface area contributed by atoms with Crippen LogP contribution >= 0.6 is 15.9 Å². The highest BCUT2D eigenvalue weighted by Gasteiger charge is 2.24. The van der Waals surface area contributed by atoms with E-state index >= 15 is 0 Å². The van der Waals surface area contributed by atoms with Crippen LogP contribution in [0.15, 0.2) is 46.9 Å². The summed E-state index contributed by atoms with van der Waals surface area (Å²) in [5.74, 6) is 1.24. The van der Waals surface area contributed by atoms with E-state index in [9.17, 15) is 4.79 Å². The molecule has 1 aliphatic carbocycles. The quantitative estimate of drug-likeness (QED) is 0.760. The van der Waals surface area contributed by atoms with Crippen LogP contribution in [0.3, 0.4) is 0 Å². The van der Waals surface area contributed by atoms with E-state index in [4.69, 9.17) is 9.47 Å². The number of rotatable bonds is 5. The van der Waals surface area contributed by atoms with Crippen molar-refractivity contribution in [3.8, 4) is 11.5 Å². The summed E-state index contributed by atoms with van der Waals surface area (Å²) in [5, 5.41) is 0. The summed E-state index contributed by atoms with van der Waals surface area (Å²) in [6.45, 7) is 0. The van der Waals surface area contributed by atoms with Gasteiger partial charge in [-0.2, -0.15) is 0 Å². The summed E-state index contributed by atoms with van der Waals surface area (Å²) in [7, 11) is 1.56. The zero-order chi connectivity index (χ0) is 14.8. The van der Waals surface area contributed by atoms with Crippen LogP contribution in [0.2, 0.25) is 0 Å². The van der Waals surface area contributed by atoms with Gasteiger partial charge in [-0.1, -0.05) is 28.1 Å². The van der Waals surface area contributed by atoms with Gasteiger partial charge in [0.1, 0.15) is 11.5 Å². The van der Waals surface area contributed by atoms with Gasteiger partial charge in [-0.25, -0.2) is 0 Å². The lowest BCUT2D eigenvalue weighted by atomic mass is 10.0. The van der Waals surface area contributed by atoms with Crippen LogP contribution in [0.5, 0.6) is 11.5 Å². The third-order valence-corrected chi connectivity index (χ3v) is 3.82. The molecule has 0 atom stereocenters. The van der Waals surface area contributed by atoms with Crippen LogP contribution in [-0.2, 0) is 0 Å². The highest BCUT2D eigenvalue weighted by Crippen LogP contribution is 2.29. The second-order valence-corrected chi connectivity index (χ2v) is 5.93. The molecular formula is C17H15BrO3. The Morgan fingerprint density at radius 3 is 2.71 bits per heavy atom. The average molecular weight is 347 g/mol. The van der Waals surface area contributed by atoms with Gasteiger partial charge in [-0.3, -0.25) is 4.79 Å². The molecule has 1 fully saturated rings. The van der Waals surface area contributed by atoms with Crippen molar-refractivity contribution in [2.45, 2.75) is 18.9 Å². The zero-order valence-corrected chi connectivity index (χ0v) is 13.2. The van der Waals surface area contributed by atoms with Crippen LogP contribution in [0.1, 0.15) is 28.8 Å². The van der Waals surface area contributed by atoms with Gasteiger partial charge in [0, 0.05) is 10.0 Å². The van der Waals surface area contributed by atoms with Crippen molar-refractivity contribution >= 4 is 21.7 Å². The third-order valence-electron chi connectivity index (χ3n) is 3.33. The summed E-state index contributed by atoms with van der Waals surface area (Å²) in [4.78, 5) is 12.6. The minimum absolute atomic E-state index is 0.0689. The second kappa shape index (κ2) is 5.90. The number of benzene rings is 2. The molecule has 0 N–H and O–H groups in total. The van der Waals surface area contributed by atoms with E-state index in [0.29, 0.717) is 23.0 Å². The lowest BCUT2D eigenvalue weighted by molar-refractivity contribution is 0.103. The summed E-state index contributed by atoms with van der Waals surface area (Å²) >= 11 is 3.38. The van der Waals surface area contributed by atoms with Gasteiger partial charge in [-0.05, 0) is 43.2 Å². The van der Waals surface area contributed by atoms with Gasteiger partial charge in [0.15, 0.2) is 5.78 Å². The van der Waals surface area contributed by atoms with Crippen molar-refractivity contribution in [1.29, 1.82) is 0 Å². The molecular weight excluding hydrogens is 332 g/mol. The Bertz CT molecular complexity index is 677. The van der Waals surface area contributed by atoms with Gasteiger partial charge in [0.2, 0.25) is 0 Å². The van der Waals surface area contributed by atoms with Gasteiger partial charge in [-0.15, -0.1) is 0 Å². The molecule has 3 nitrogen and oxygen atoms in total. The molecule has 2 aromatic carbocycles. The minimum Gasteiger partial charge on any atom is -0.496 e. The van der Waals surface area contributed by atoms with Crippen LogP contribution < -0.4 is 9.47 Å². The largest absolute Gasteiger partial charge is 0.496 e. The fourth-order valence-electron chi connectivity index (χ4n) is 2.10. The lowest BCUT2D eigenvalue weighted by Crippen LogP contribution is -2.05. The van der Waals surface area contributed by atoms with Crippen molar-refractivity contribution in [3.63, 3.8) is 0 Å². The van der Waals surface area contributed by atoms with Gasteiger partial charge in [0.25, 0.3) is 0 Å². The third kappa shape index (κ3) is 3.27. The Morgan fingerprint density at radius 1 is 1.19 bits per heavy atom. The predicted molar refractivity (Wildman–Crippen MR) is 84.2 cm³/mol. The molecule has 0 heterocycles. The molecule has 3 rings (SSSR count). The lowest BCUT2D eigenvalue weighted by Gasteiger charge is -2.10. The molecule has 1 saturated carbocycles. The maximum absolute atomic E-state index is 12.6. The molecule has 0 radical (unpaired) electrons. The van der Waals surface area contributed by atoms with Crippen molar-refractivity contribution in [1.82, 2.24) is 0 Å². The van der Waals surface area contributed by atoms with Crippen molar-refractivity contribution in [3.05, 3.63) is 58.1 Å². The second-order valence-electron chi connectivity index (χ2n) is 5.02. The smallest absolute Gasteiger partial charge is 0.196 e. The van der Waals surface area contributed by atoms with Crippen molar-refractivity contribution in [2.24, 2.45) is 0 Å². The van der Waals surface area contributed by atoms with Gasteiger partial charge in [0.05, 0.1) is 18.8 Å². The maximum Gasteiger partial charge on any atom is 0.196 e. The highest BCUT2D eigenvalue weighted by atomic mass is 79.9. The fourth-order valence-corrected chi connectivity index (χ4v) is 2.44. The molecule has 4 heteroatoms. The molecule has 108 valence electrons. The Labute approximate surface area is 132 Å². The van der Waals surface area contributed by atoms with E-state index in [0.717, 1.165) is 23.1 Å². The first kappa shape index (κ1) is 14.1. The van der Waals surface area contributed by atoms with Crippen LogP contribution in [0.4, 0.5) is 0 Å². The molecule has 2 aromatic rings. The SMILES string of the molecule is COc1cc(Br)ccc1C(=O)c1cccc(OC2CC2)c1. The monoisotopic (exact) mass is 346 g/mol. The van der Waals surface area contributed by atoms with Crippen LogP contribution in [-0.4, -0.2) is 19.0 Å². The summed E-state index contributed by atoms with van der Waals surface area (Å²) in [6, 6.07) is 12.7. The molecule has 0 bridgehead atoms. The number of ether oxygens (including phenoxy) is 2. The first-order valence-electron chi connectivity index (χ1n) is 6.82. The van der Waals surface area contributed by atoms with Crippen LogP contribution in [0, 0.1) is 0 Å². The zero-order valence-electron chi connectivity index (χ0n) is 11.6. The first-order chi connectivity index (χ1) is 10.2. The number of halogens is 1. The molecule has 0 saturated heterocycles. The molecule has 1 aliphatic rings. The van der Waals surface area contributed by atoms with E-state index in [1.807, 2.05) is 18.2 Å². The number of carbonyl (C=O) groups is 1. The van der Waals surface area contributed by atoms with E-state index in [1.165, 1.54) is 0 Å². The average Bonchev–Trinajstić information content (AvgIpc) is 3.30. The number of carbonyl (C=O) groups excluding carboxylic acids is 1. The van der Waals surface area contributed by atoms with Crippen molar-refractivity contribution < 1.29 is 14.3 Å². The molecule has 21 heavy (non-hydrogen) atoms. The van der Waals surface area contributed by atoms with Crippen molar-refractivity contribution in [2.75, 3.05) is 7.11 Å². The summed E-state index contributed by atoms with van der Waals surface area (Å²) < 4.78 is 11.9. The number of hydrogen-bond acceptors (Lipinski definition) is 3. The van der Waals surface area contributed by atoms with E-state index in [-0.39, 0.29) is 5.78 Å². The fraction of sp³-hybridized carbons (Fsp3) is 0.235. The van der Waals surface area contributed by atoms with Crippen LogP contribution in [0.25, 0.3) is 0 Å². The number of ketones is 1. The Hall–Kier alpha value is -1.81. The molecule has 0 spiro atoms. The number of methoxy groups -OCH3 is 1. The van der Waals surface area contributed by atoms with E-state index < -0.39 is 0 Å². The summed E-state index contributed by atoms with van der Waals surface area (Å²) in [5.41, 5.74) is 1.15.